The number of hydrazine groups is 1. The number of nitrogens with one attached hydrogen (secondary N) is 2. The summed E-state index contributed by atoms with van der Waals surface area (Å²) < 4.78 is 0.883. The van der Waals surface area contributed by atoms with Gasteiger partial charge in [0.2, 0.25) is 0 Å². The van der Waals surface area contributed by atoms with Crippen molar-refractivity contribution in [1.29, 1.82) is 0 Å². The molecular weight excluding hydrogens is 486 g/mol. The van der Waals surface area contributed by atoms with Gasteiger partial charge in [0.25, 0.3) is 17.7 Å². The van der Waals surface area contributed by atoms with Crippen molar-refractivity contribution < 1.29 is 14.4 Å². The van der Waals surface area contributed by atoms with Crippen LogP contribution in [0.25, 0.3) is 6.08 Å². The van der Waals surface area contributed by atoms with Gasteiger partial charge < -0.3 is 0 Å². The average molecular weight is 502 g/mol. The summed E-state index contributed by atoms with van der Waals surface area (Å²) in [4.78, 5) is 38.5. The zero-order valence-corrected chi connectivity index (χ0v) is 18.7. The van der Waals surface area contributed by atoms with Gasteiger partial charge in [0, 0.05) is 4.47 Å². The van der Waals surface area contributed by atoms with Gasteiger partial charge in [-0.25, -0.2) is 0 Å². The lowest BCUT2D eigenvalue weighted by Crippen LogP contribution is -2.47. The third kappa shape index (κ3) is 5.65. The van der Waals surface area contributed by atoms with Crippen LogP contribution in [0.4, 0.5) is 0 Å². The number of nitrogens with zero attached hydrogens (tertiary/aromatic N) is 1. The molecule has 2 aromatic rings. The second kappa shape index (κ2) is 10.3. The van der Waals surface area contributed by atoms with Crippen LogP contribution in [-0.4, -0.2) is 33.5 Å². The van der Waals surface area contributed by atoms with Gasteiger partial charge in [0.05, 0.1) is 10.5 Å². The Labute approximate surface area is 191 Å². The van der Waals surface area contributed by atoms with Gasteiger partial charge in [-0.2, -0.15) is 0 Å². The molecule has 0 spiro atoms. The van der Waals surface area contributed by atoms with E-state index in [4.69, 9.17) is 12.2 Å². The van der Waals surface area contributed by atoms with E-state index >= 15 is 0 Å². The zero-order chi connectivity index (χ0) is 21.5. The number of hydrogen-bond donors (Lipinski definition) is 2. The van der Waals surface area contributed by atoms with Gasteiger partial charge in [-0.1, -0.05) is 78.6 Å². The third-order valence-corrected chi connectivity index (χ3v) is 6.03. The van der Waals surface area contributed by atoms with Crippen LogP contribution in [0.15, 0.2) is 76.1 Å². The van der Waals surface area contributed by atoms with Crippen molar-refractivity contribution in [3.63, 3.8) is 0 Å². The van der Waals surface area contributed by atoms with Crippen LogP contribution >= 0.6 is 39.9 Å². The Hall–Kier alpha value is -2.75. The summed E-state index contributed by atoms with van der Waals surface area (Å²) in [6, 6.07) is 16.5. The SMILES string of the molecule is O=C(CN1C(=O)C(=CC=Cc2ccccc2)SC1=S)NNC(=O)c1ccccc1Br. The first-order chi connectivity index (χ1) is 14.5. The monoisotopic (exact) mass is 501 g/mol. The molecule has 0 aliphatic carbocycles. The summed E-state index contributed by atoms with van der Waals surface area (Å²) in [5, 5.41) is 0. The molecule has 3 rings (SSSR count). The van der Waals surface area contributed by atoms with E-state index in [1.165, 1.54) is 4.90 Å². The Morgan fingerprint density at radius 2 is 1.77 bits per heavy atom. The zero-order valence-electron chi connectivity index (χ0n) is 15.5. The molecule has 0 radical (unpaired) electrons. The second-order valence-corrected chi connectivity index (χ2v) is 8.57. The predicted octanol–water partition coefficient (Wildman–Crippen LogP) is 3.67. The van der Waals surface area contributed by atoms with E-state index in [9.17, 15) is 14.4 Å². The first kappa shape index (κ1) is 21.9. The molecule has 0 atom stereocenters. The number of carbonyl (C=O) groups is 3. The first-order valence-electron chi connectivity index (χ1n) is 8.76. The van der Waals surface area contributed by atoms with Crippen LogP contribution < -0.4 is 10.9 Å². The fraction of sp³-hybridized carbons (Fsp3) is 0.0476. The van der Waals surface area contributed by atoms with Crippen molar-refractivity contribution in [2.24, 2.45) is 0 Å². The van der Waals surface area contributed by atoms with Crippen molar-refractivity contribution in [2.75, 3.05) is 6.54 Å². The Morgan fingerprint density at radius 1 is 1.07 bits per heavy atom. The highest BCUT2D eigenvalue weighted by Gasteiger charge is 2.33. The number of benzene rings is 2. The van der Waals surface area contributed by atoms with E-state index in [1.807, 2.05) is 36.4 Å². The van der Waals surface area contributed by atoms with Crippen molar-refractivity contribution in [2.45, 2.75) is 0 Å². The molecule has 0 saturated carbocycles. The molecule has 30 heavy (non-hydrogen) atoms. The minimum absolute atomic E-state index is 0.284. The number of hydrogen-bond acceptors (Lipinski definition) is 5. The van der Waals surface area contributed by atoms with E-state index in [0.717, 1.165) is 17.3 Å². The van der Waals surface area contributed by atoms with Crippen LogP contribution in [0.3, 0.4) is 0 Å². The molecule has 3 amide bonds. The fourth-order valence-electron chi connectivity index (χ4n) is 2.48. The van der Waals surface area contributed by atoms with Crippen LogP contribution in [0.2, 0.25) is 0 Å². The second-order valence-electron chi connectivity index (χ2n) is 6.04. The normalized spacial score (nSPS) is 15.1. The van der Waals surface area contributed by atoms with E-state index in [2.05, 4.69) is 26.8 Å². The largest absolute Gasteiger partial charge is 0.283 e. The van der Waals surface area contributed by atoms with E-state index in [0.29, 0.717) is 14.9 Å². The van der Waals surface area contributed by atoms with Crippen LogP contribution in [0.1, 0.15) is 15.9 Å². The number of halogens is 1. The lowest BCUT2D eigenvalue weighted by atomic mass is 10.2. The van der Waals surface area contributed by atoms with Crippen molar-refractivity contribution in [1.82, 2.24) is 15.8 Å². The Balaban J connectivity index is 1.55. The molecular formula is C21H16BrN3O3S2. The van der Waals surface area contributed by atoms with Gasteiger partial charge in [-0.05, 0) is 39.7 Å². The molecule has 1 saturated heterocycles. The highest BCUT2D eigenvalue weighted by molar-refractivity contribution is 9.10. The summed E-state index contributed by atoms with van der Waals surface area (Å²) in [6.07, 6.45) is 5.30. The lowest BCUT2D eigenvalue weighted by molar-refractivity contribution is -0.129. The summed E-state index contributed by atoms with van der Waals surface area (Å²) >= 11 is 9.62. The number of carbonyl (C=O) groups excluding carboxylic acids is 3. The maximum Gasteiger partial charge on any atom is 0.270 e. The molecule has 1 heterocycles. The van der Waals surface area contributed by atoms with Crippen molar-refractivity contribution >= 4 is 68.0 Å². The fourth-order valence-corrected chi connectivity index (χ4v) is 4.16. The summed E-state index contributed by atoms with van der Waals surface area (Å²) in [5.74, 6) is -1.39. The molecule has 6 nitrogen and oxygen atoms in total. The van der Waals surface area contributed by atoms with E-state index in [-0.39, 0.29) is 16.8 Å². The van der Waals surface area contributed by atoms with Crippen molar-refractivity contribution in [3.05, 3.63) is 87.3 Å². The van der Waals surface area contributed by atoms with Gasteiger partial charge in [0.15, 0.2) is 0 Å². The smallest absolute Gasteiger partial charge is 0.270 e. The maximum atomic E-state index is 12.5. The summed E-state index contributed by atoms with van der Waals surface area (Å²) in [5.41, 5.74) is 6.00. The Morgan fingerprint density at radius 3 is 2.50 bits per heavy atom. The van der Waals surface area contributed by atoms with Crippen LogP contribution in [0, 0.1) is 0 Å². The molecule has 2 aromatic carbocycles. The summed E-state index contributed by atoms with van der Waals surface area (Å²) in [7, 11) is 0. The molecule has 1 aliphatic heterocycles. The minimum atomic E-state index is -0.562. The number of allylic oxidation sites excluding steroid dienone is 2. The highest BCUT2D eigenvalue weighted by atomic mass is 79.9. The van der Waals surface area contributed by atoms with Gasteiger partial charge in [-0.15, -0.1) is 0 Å². The average Bonchev–Trinajstić information content (AvgIpc) is 3.00. The lowest BCUT2D eigenvalue weighted by Gasteiger charge is -2.14. The molecule has 0 unspecified atom stereocenters. The third-order valence-electron chi connectivity index (χ3n) is 3.95. The Bertz CT molecular complexity index is 1050. The predicted molar refractivity (Wildman–Crippen MR) is 125 cm³/mol. The van der Waals surface area contributed by atoms with E-state index in [1.54, 1.807) is 36.4 Å². The topological polar surface area (TPSA) is 78.5 Å². The molecule has 9 heteroatoms. The number of thioether (sulfide) groups is 1. The van der Waals surface area contributed by atoms with Crippen molar-refractivity contribution in [3.8, 4) is 0 Å². The van der Waals surface area contributed by atoms with Crippen LogP contribution in [-0.2, 0) is 9.59 Å². The molecule has 1 aliphatic rings. The Kier molecular flexibility index (Phi) is 7.56. The number of rotatable bonds is 5. The van der Waals surface area contributed by atoms with Gasteiger partial charge in [-0.3, -0.25) is 30.1 Å². The quantitative estimate of drug-likeness (QED) is 0.371. The molecule has 152 valence electrons. The van der Waals surface area contributed by atoms with Crippen LogP contribution in [0.5, 0.6) is 0 Å². The molecule has 0 bridgehead atoms. The maximum absolute atomic E-state index is 12.5. The molecule has 1 fully saturated rings. The molecule has 0 aromatic heterocycles. The highest BCUT2D eigenvalue weighted by Crippen LogP contribution is 2.30. The van der Waals surface area contributed by atoms with Gasteiger partial charge in [0.1, 0.15) is 10.9 Å². The molecule has 2 N–H and O–H groups in total. The standard InChI is InChI=1S/C21H16BrN3O3S2/c22-16-11-5-4-10-15(16)19(27)24-23-18(26)13-25-20(28)17(30-21(25)29)12-6-9-14-7-2-1-3-8-14/h1-12H,13H2,(H,23,26)(H,24,27). The minimum Gasteiger partial charge on any atom is -0.283 e. The van der Waals surface area contributed by atoms with Gasteiger partial charge >= 0.3 is 0 Å². The number of thiocarbonyl (C=S) groups is 1. The van der Waals surface area contributed by atoms with E-state index < -0.39 is 11.8 Å². The first-order valence-corrected chi connectivity index (χ1v) is 10.8. The number of amides is 3. The summed E-state index contributed by atoms with van der Waals surface area (Å²) in [6.45, 7) is -0.291.